The molecule has 88 valence electrons. The van der Waals surface area contributed by atoms with Gasteiger partial charge in [-0.15, -0.1) is 0 Å². The Labute approximate surface area is 96.8 Å². The van der Waals surface area contributed by atoms with Crippen LogP contribution in [-0.4, -0.2) is 13.0 Å². The lowest BCUT2D eigenvalue weighted by Crippen LogP contribution is -2.23. The highest BCUT2D eigenvalue weighted by atomic mass is 16.4. The Morgan fingerprint density at radius 2 is 1.94 bits per heavy atom. The molecule has 0 atom stereocenters. The average molecular weight is 220 g/mol. The topological polar surface area (TPSA) is 52.2 Å². The fourth-order valence-electron chi connectivity index (χ4n) is 0.944. The van der Waals surface area contributed by atoms with Crippen molar-refractivity contribution in [3.63, 3.8) is 0 Å². The minimum atomic E-state index is -1.15. The van der Waals surface area contributed by atoms with E-state index in [0.717, 1.165) is 6.54 Å². The maximum Gasteiger partial charge on any atom is 0.0668 e. The van der Waals surface area contributed by atoms with Crippen LogP contribution < -0.4 is 10.4 Å². The van der Waals surface area contributed by atoms with E-state index >= 15 is 0 Å². The van der Waals surface area contributed by atoms with Gasteiger partial charge in [-0.05, 0) is 24.6 Å². The van der Waals surface area contributed by atoms with E-state index in [-0.39, 0.29) is 5.57 Å². The second-order valence-corrected chi connectivity index (χ2v) is 3.26. The van der Waals surface area contributed by atoms with Crippen LogP contribution in [0.5, 0.6) is 0 Å². The molecule has 0 aliphatic carbocycles. The molecular weight excluding hydrogens is 202 g/mol. The highest BCUT2D eigenvalue weighted by molar-refractivity contribution is 5.83. The average Bonchev–Trinajstić information content (AvgIpc) is 2.30. The van der Waals surface area contributed by atoms with Crippen molar-refractivity contribution in [2.75, 3.05) is 7.05 Å². The minimum absolute atomic E-state index is 0.153. The molecule has 0 aliphatic heterocycles. The zero-order valence-electron chi connectivity index (χ0n) is 9.82. The zero-order valence-corrected chi connectivity index (χ0v) is 9.82. The number of carbonyl (C=O) groups is 1. The van der Waals surface area contributed by atoms with Crippen LogP contribution in [0.25, 0.3) is 0 Å². The number of hydrogen-bond acceptors (Lipinski definition) is 3. The van der Waals surface area contributed by atoms with E-state index in [1.54, 1.807) is 6.92 Å². The molecule has 1 aromatic carbocycles. The van der Waals surface area contributed by atoms with Crippen LogP contribution in [-0.2, 0) is 11.3 Å². The first-order valence-electron chi connectivity index (χ1n) is 5.19. The molecule has 1 aromatic rings. The van der Waals surface area contributed by atoms with Crippen molar-refractivity contribution in [1.29, 1.82) is 0 Å². The number of carbonyl (C=O) groups excluding carboxylic acids is 1. The molecule has 16 heavy (non-hydrogen) atoms. The SMILES string of the molecule is C=C(CC)C(=O)[O-].CNCc1ccccc1. The molecular formula is C13H18NO2-. The van der Waals surface area contributed by atoms with Gasteiger partial charge in [0.15, 0.2) is 0 Å². The standard InChI is InChI=1S/C8H11N.C5H8O2/c1-9-7-8-5-3-2-4-6-8;1-3-4(2)5(6)7/h2-6,9H,7H2,1H3;2-3H2,1H3,(H,6,7)/p-1. The third-order valence-corrected chi connectivity index (χ3v) is 1.94. The Morgan fingerprint density at radius 1 is 1.38 bits per heavy atom. The van der Waals surface area contributed by atoms with Crippen LogP contribution in [0.2, 0.25) is 0 Å². The molecule has 0 radical (unpaired) electrons. The molecule has 3 heteroatoms. The largest absolute Gasteiger partial charge is 0.545 e. The Kier molecular flexibility index (Phi) is 7.81. The first-order valence-corrected chi connectivity index (χ1v) is 5.19. The molecule has 1 rings (SSSR count). The van der Waals surface area contributed by atoms with Gasteiger partial charge in [-0.25, -0.2) is 0 Å². The number of aliphatic carboxylic acids is 1. The number of hydrogen-bond donors (Lipinski definition) is 1. The summed E-state index contributed by atoms with van der Waals surface area (Å²) >= 11 is 0. The van der Waals surface area contributed by atoms with Crippen LogP contribution in [0, 0.1) is 0 Å². The lowest BCUT2D eigenvalue weighted by atomic mass is 10.2. The van der Waals surface area contributed by atoms with Gasteiger partial charge < -0.3 is 15.2 Å². The molecule has 0 fully saturated rings. The van der Waals surface area contributed by atoms with Gasteiger partial charge in [-0.2, -0.15) is 0 Å². The maximum absolute atomic E-state index is 9.72. The normalized spacial score (nSPS) is 8.88. The summed E-state index contributed by atoms with van der Waals surface area (Å²) in [6, 6.07) is 10.3. The quantitative estimate of drug-likeness (QED) is 0.773. The summed E-state index contributed by atoms with van der Waals surface area (Å²) in [7, 11) is 1.95. The second kappa shape index (κ2) is 8.68. The van der Waals surface area contributed by atoms with E-state index in [1.165, 1.54) is 5.56 Å². The van der Waals surface area contributed by atoms with Crippen molar-refractivity contribution in [2.45, 2.75) is 19.9 Å². The molecule has 3 nitrogen and oxygen atoms in total. The number of carboxylic acid groups (broad SMARTS) is 1. The summed E-state index contributed by atoms with van der Waals surface area (Å²) < 4.78 is 0. The van der Waals surface area contributed by atoms with E-state index in [9.17, 15) is 9.90 Å². The van der Waals surface area contributed by atoms with E-state index in [4.69, 9.17) is 0 Å². The van der Waals surface area contributed by atoms with Crippen molar-refractivity contribution in [1.82, 2.24) is 5.32 Å². The molecule has 0 bridgehead atoms. The van der Waals surface area contributed by atoms with Crippen LogP contribution in [0.15, 0.2) is 42.5 Å². The van der Waals surface area contributed by atoms with Crippen molar-refractivity contribution < 1.29 is 9.90 Å². The Balaban J connectivity index is 0.000000293. The fourth-order valence-corrected chi connectivity index (χ4v) is 0.944. The van der Waals surface area contributed by atoms with Crippen molar-refractivity contribution >= 4 is 5.97 Å². The predicted molar refractivity (Wildman–Crippen MR) is 63.6 cm³/mol. The van der Waals surface area contributed by atoms with Crippen LogP contribution in [0.4, 0.5) is 0 Å². The molecule has 1 N–H and O–H groups in total. The molecule has 0 spiro atoms. The molecule has 0 saturated heterocycles. The van der Waals surface area contributed by atoms with Gasteiger partial charge in [-0.1, -0.05) is 43.8 Å². The molecule has 0 aliphatic rings. The smallest absolute Gasteiger partial charge is 0.0668 e. The number of rotatable bonds is 4. The van der Waals surface area contributed by atoms with Crippen molar-refractivity contribution in [3.05, 3.63) is 48.0 Å². The monoisotopic (exact) mass is 220 g/mol. The van der Waals surface area contributed by atoms with E-state index in [0.29, 0.717) is 6.42 Å². The summed E-state index contributed by atoms with van der Waals surface area (Å²) in [5, 5.41) is 12.8. The number of benzene rings is 1. The molecule has 0 heterocycles. The van der Waals surface area contributed by atoms with Crippen LogP contribution in [0.1, 0.15) is 18.9 Å². The van der Waals surface area contributed by atoms with E-state index in [2.05, 4.69) is 24.0 Å². The maximum atomic E-state index is 9.72. The van der Waals surface area contributed by atoms with Crippen molar-refractivity contribution in [2.24, 2.45) is 0 Å². The third kappa shape index (κ3) is 6.79. The van der Waals surface area contributed by atoms with Gasteiger partial charge in [0, 0.05) is 6.54 Å². The van der Waals surface area contributed by atoms with Crippen molar-refractivity contribution in [3.8, 4) is 0 Å². The molecule has 0 aromatic heterocycles. The zero-order chi connectivity index (χ0) is 12.4. The number of nitrogens with one attached hydrogen (secondary N) is 1. The van der Waals surface area contributed by atoms with Gasteiger partial charge in [0.2, 0.25) is 0 Å². The summed E-state index contributed by atoms with van der Waals surface area (Å²) in [5.41, 5.74) is 1.49. The van der Waals surface area contributed by atoms with Gasteiger partial charge >= 0.3 is 0 Å². The summed E-state index contributed by atoms with van der Waals surface area (Å²) in [6.45, 7) is 5.89. The Morgan fingerprint density at radius 3 is 2.25 bits per heavy atom. The molecule has 0 amide bonds. The van der Waals surface area contributed by atoms with Gasteiger partial charge in [-0.3, -0.25) is 0 Å². The molecule has 0 unspecified atom stereocenters. The van der Waals surface area contributed by atoms with Gasteiger partial charge in [0.25, 0.3) is 0 Å². The highest BCUT2D eigenvalue weighted by Crippen LogP contribution is 1.95. The molecule has 0 saturated carbocycles. The predicted octanol–water partition coefficient (Wildman–Crippen LogP) is 1.11. The second-order valence-electron chi connectivity index (χ2n) is 3.26. The summed E-state index contributed by atoms with van der Waals surface area (Å²) in [6.07, 6.45) is 0.461. The highest BCUT2D eigenvalue weighted by Gasteiger charge is 1.85. The minimum Gasteiger partial charge on any atom is -0.545 e. The number of carboxylic acids is 1. The lowest BCUT2D eigenvalue weighted by molar-refractivity contribution is -0.299. The fraction of sp³-hybridized carbons (Fsp3) is 0.308. The van der Waals surface area contributed by atoms with Crippen LogP contribution in [0.3, 0.4) is 0 Å². The van der Waals surface area contributed by atoms with Gasteiger partial charge in [0.05, 0.1) is 5.97 Å². The first-order chi connectivity index (χ1) is 7.61. The Bertz CT molecular complexity index is 320. The lowest BCUT2D eigenvalue weighted by Gasteiger charge is -1.98. The van der Waals surface area contributed by atoms with E-state index < -0.39 is 5.97 Å². The summed E-state index contributed by atoms with van der Waals surface area (Å²) in [4.78, 5) is 9.72. The van der Waals surface area contributed by atoms with Gasteiger partial charge in [0.1, 0.15) is 0 Å². The first kappa shape index (κ1) is 14.4. The van der Waals surface area contributed by atoms with E-state index in [1.807, 2.05) is 25.2 Å². The van der Waals surface area contributed by atoms with Crippen LogP contribution >= 0.6 is 0 Å². The Hall–Kier alpha value is -1.61. The summed E-state index contributed by atoms with van der Waals surface area (Å²) in [5.74, 6) is -1.15. The third-order valence-electron chi connectivity index (χ3n) is 1.94.